The van der Waals surface area contributed by atoms with Crippen LogP contribution in [-0.4, -0.2) is 77.9 Å². The first-order valence-electron chi connectivity index (χ1n) is 18.0. The van der Waals surface area contributed by atoms with Crippen molar-refractivity contribution in [1.29, 1.82) is 0 Å². The number of benzene rings is 2. The number of amides is 4. The molecule has 6 rings (SSSR count). The van der Waals surface area contributed by atoms with E-state index >= 15 is 0 Å². The molecule has 2 aromatic carbocycles. The molecule has 4 aromatic heterocycles. The zero-order valence-electron chi connectivity index (χ0n) is 32.0. The second-order valence-electron chi connectivity index (χ2n) is 12.8. The van der Waals surface area contributed by atoms with Gasteiger partial charge in [0.25, 0.3) is 11.8 Å². The molecule has 0 atom stereocenters. The third-order valence-corrected chi connectivity index (χ3v) is 9.85. The van der Waals surface area contributed by atoms with Gasteiger partial charge in [0.05, 0.1) is 35.3 Å². The molecule has 0 aliphatic rings. The zero-order chi connectivity index (χ0) is 41.0. The van der Waals surface area contributed by atoms with Crippen LogP contribution in [0.3, 0.4) is 0 Å². The van der Waals surface area contributed by atoms with E-state index in [1.807, 2.05) is 26.0 Å². The lowest BCUT2D eigenvalue weighted by Crippen LogP contribution is -2.18. The molecule has 0 aliphatic heterocycles. The Morgan fingerprint density at radius 1 is 0.965 bits per heavy atom. The lowest BCUT2D eigenvalue weighted by molar-refractivity contribution is 0.0981. The molecular weight excluding hydrogens is 757 g/mol. The summed E-state index contributed by atoms with van der Waals surface area (Å²) in [5.74, 6) is -1.34. The molecule has 298 valence electrons. The van der Waals surface area contributed by atoms with E-state index in [0.29, 0.717) is 74.2 Å². The van der Waals surface area contributed by atoms with Crippen LogP contribution in [0, 0.1) is 13.8 Å². The van der Waals surface area contributed by atoms with Crippen molar-refractivity contribution in [1.82, 2.24) is 28.9 Å². The van der Waals surface area contributed by atoms with Gasteiger partial charge in [-0.05, 0) is 50.6 Å². The van der Waals surface area contributed by atoms with E-state index in [2.05, 4.69) is 25.4 Å². The first-order valence-corrected chi connectivity index (χ1v) is 18.8. The summed E-state index contributed by atoms with van der Waals surface area (Å²) in [4.78, 5) is 65.4. The first kappa shape index (κ1) is 40.1. The number of primary amides is 2. The number of hydrogen-bond donors (Lipinski definition) is 4. The van der Waals surface area contributed by atoms with Crippen LogP contribution in [0.15, 0.2) is 51.9 Å². The normalized spacial score (nSPS) is 11.9. The van der Waals surface area contributed by atoms with E-state index in [1.165, 1.54) is 36.6 Å². The van der Waals surface area contributed by atoms with Gasteiger partial charge >= 0.3 is 0 Å². The number of nitrogens with zero attached hydrogens (tertiary/aromatic N) is 7. The number of imidazole rings is 1. The Labute approximate surface area is 329 Å². The third kappa shape index (κ3) is 8.33. The summed E-state index contributed by atoms with van der Waals surface area (Å²) in [6.45, 7) is 7.95. The smallest absolute Gasteiger partial charge is 0.297 e. The van der Waals surface area contributed by atoms with Crippen LogP contribution in [0.2, 0.25) is 0 Å². The number of allylic oxidation sites excluding steroid dienone is 2. The number of aromatic nitrogens is 6. The van der Waals surface area contributed by atoms with Crippen LogP contribution in [-0.2, 0) is 26.1 Å². The van der Waals surface area contributed by atoms with Crippen molar-refractivity contribution in [3.05, 3.63) is 87.1 Å². The standard InChI is InChI=1S/C38H42N10O8S/c1-6-24-32(56-21(4)41-24)36(53)43-37-42-25-16-22(33(39)50)18-28(55-14-10-13-49)30(25)46(37)11-8-9-12-47-31-27(54-5)17-23(34(40)51)19-29(31)57-38(47)44-35(52)26-15-20(3)45-48(26)7-2/h8-9,15-19,49H,6-7,10-14H2,1-5H3,(H2,39,50)(H2,40,51)(H,42,43,53)/b9-8+,44-38-. The Kier molecular flexibility index (Phi) is 12.0. The molecule has 6 N–H and O–H groups in total. The molecule has 0 spiro atoms. The number of ether oxygens (including phenoxy) is 2. The maximum absolute atomic E-state index is 13.6. The third-order valence-electron chi connectivity index (χ3n) is 8.83. The SMILES string of the molecule is CCc1nc(C)oc1C(=O)Nc1nc2cc(C(N)=O)cc(OCCCO)c2n1C/C=C/Cn1/c(=N/C(=O)c2cc(C)nn2CC)sc2cc(C(N)=O)cc(OC)c21. The number of nitrogens with one attached hydrogen (secondary N) is 1. The summed E-state index contributed by atoms with van der Waals surface area (Å²) in [7, 11) is 1.47. The van der Waals surface area contributed by atoms with Gasteiger partial charge in [-0.15, -0.1) is 0 Å². The summed E-state index contributed by atoms with van der Waals surface area (Å²) in [5.41, 5.74) is 14.4. The van der Waals surface area contributed by atoms with Crippen LogP contribution >= 0.6 is 11.3 Å². The van der Waals surface area contributed by atoms with E-state index in [0.717, 1.165) is 0 Å². The van der Waals surface area contributed by atoms with Crippen LogP contribution in [0.5, 0.6) is 11.5 Å². The second-order valence-corrected chi connectivity index (χ2v) is 13.8. The maximum Gasteiger partial charge on any atom is 0.297 e. The van der Waals surface area contributed by atoms with Crippen molar-refractivity contribution in [2.75, 3.05) is 25.6 Å². The van der Waals surface area contributed by atoms with E-state index < -0.39 is 23.6 Å². The molecule has 4 heterocycles. The summed E-state index contributed by atoms with van der Waals surface area (Å²) >= 11 is 1.19. The Morgan fingerprint density at radius 3 is 2.33 bits per heavy atom. The van der Waals surface area contributed by atoms with Crippen molar-refractivity contribution in [3.8, 4) is 11.5 Å². The zero-order valence-corrected chi connectivity index (χ0v) is 32.8. The molecule has 57 heavy (non-hydrogen) atoms. The van der Waals surface area contributed by atoms with Crippen LogP contribution in [0.4, 0.5) is 5.95 Å². The topological polar surface area (TPSA) is 250 Å². The van der Waals surface area contributed by atoms with E-state index in [4.69, 9.17) is 25.4 Å². The fraction of sp³-hybridized carbons (Fsp3) is 0.316. The quantitative estimate of drug-likeness (QED) is 0.0813. The lowest BCUT2D eigenvalue weighted by Gasteiger charge is -2.12. The molecular formula is C38H42N10O8S. The number of carbonyl (C=O) groups is 4. The number of oxazole rings is 1. The number of carbonyl (C=O) groups excluding carboxylic acids is 4. The Bertz CT molecular complexity index is 2630. The second kappa shape index (κ2) is 17.0. The molecule has 0 bridgehead atoms. The number of fused-ring (bicyclic) bond motifs is 2. The van der Waals surface area contributed by atoms with Crippen molar-refractivity contribution < 1.29 is 38.2 Å². The summed E-state index contributed by atoms with van der Waals surface area (Å²) in [6.07, 6.45) is 4.41. The summed E-state index contributed by atoms with van der Waals surface area (Å²) < 4.78 is 23.0. The Balaban J connectivity index is 1.44. The van der Waals surface area contributed by atoms with Gasteiger partial charge in [0.2, 0.25) is 23.5 Å². The molecule has 0 fully saturated rings. The highest BCUT2D eigenvalue weighted by molar-refractivity contribution is 7.16. The molecule has 19 heteroatoms. The number of nitrogens with two attached hydrogens (primary N) is 2. The van der Waals surface area contributed by atoms with Crippen molar-refractivity contribution in [2.24, 2.45) is 16.5 Å². The average molecular weight is 799 g/mol. The minimum Gasteiger partial charge on any atom is -0.494 e. The molecule has 0 radical (unpaired) electrons. The molecule has 0 saturated heterocycles. The number of thiazole rings is 1. The fourth-order valence-electron chi connectivity index (χ4n) is 6.24. The fourth-order valence-corrected chi connectivity index (χ4v) is 7.33. The van der Waals surface area contributed by atoms with Gasteiger partial charge < -0.3 is 39.6 Å². The molecule has 18 nitrogen and oxygen atoms in total. The predicted octanol–water partition coefficient (Wildman–Crippen LogP) is 3.65. The predicted molar refractivity (Wildman–Crippen MR) is 211 cm³/mol. The van der Waals surface area contributed by atoms with Gasteiger partial charge in [0.15, 0.2) is 10.7 Å². The van der Waals surface area contributed by atoms with Crippen molar-refractivity contribution in [3.63, 3.8) is 0 Å². The number of methoxy groups -OCH3 is 1. The highest BCUT2D eigenvalue weighted by Crippen LogP contribution is 2.32. The highest BCUT2D eigenvalue weighted by Gasteiger charge is 2.24. The largest absolute Gasteiger partial charge is 0.494 e. The van der Waals surface area contributed by atoms with Crippen LogP contribution in [0.25, 0.3) is 21.3 Å². The van der Waals surface area contributed by atoms with Gasteiger partial charge in [0.1, 0.15) is 28.2 Å². The maximum atomic E-state index is 13.6. The number of aryl methyl sites for hydroxylation is 4. The first-order chi connectivity index (χ1) is 27.4. The van der Waals surface area contributed by atoms with Crippen LogP contribution in [0.1, 0.15) is 79.3 Å². The van der Waals surface area contributed by atoms with Gasteiger partial charge in [0, 0.05) is 50.7 Å². The molecule has 0 saturated carbocycles. The minimum atomic E-state index is -0.707. The van der Waals surface area contributed by atoms with Crippen LogP contribution < -0.4 is 31.1 Å². The summed E-state index contributed by atoms with van der Waals surface area (Å²) in [6, 6.07) is 7.82. The Hall–Kier alpha value is -6.60. The van der Waals surface area contributed by atoms with Gasteiger partial charge in [-0.1, -0.05) is 30.4 Å². The minimum absolute atomic E-state index is 0.0403. The average Bonchev–Trinajstić information content (AvgIpc) is 3.95. The molecule has 6 aromatic rings. The number of aliphatic hydroxyl groups is 1. The lowest BCUT2D eigenvalue weighted by atomic mass is 10.1. The van der Waals surface area contributed by atoms with E-state index in [9.17, 15) is 24.3 Å². The van der Waals surface area contributed by atoms with Gasteiger partial charge in [-0.2, -0.15) is 10.1 Å². The van der Waals surface area contributed by atoms with E-state index in [-0.39, 0.29) is 54.9 Å². The van der Waals surface area contributed by atoms with Gasteiger partial charge in [-0.3, -0.25) is 29.2 Å². The monoisotopic (exact) mass is 798 g/mol. The van der Waals surface area contributed by atoms with E-state index in [1.54, 1.807) is 39.8 Å². The number of anilines is 1. The van der Waals surface area contributed by atoms with Crippen molar-refractivity contribution >= 4 is 62.2 Å². The number of hydrogen-bond acceptors (Lipinski definition) is 12. The molecule has 0 unspecified atom stereocenters. The number of aliphatic hydroxyl groups excluding tert-OH is 1. The van der Waals surface area contributed by atoms with Crippen molar-refractivity contribution in [2.45, 2.75) is 60.2 Å². The molecule has 4 amide bonds. The Morgan fingerprint density at radius 2 is 1.67 bits per heavy atom. The highest BCUT2D eigenvalue weighted by atomic mass is 32.1. The number of rotatable bonds is 16. The molecule has 0 aliphatic carbocycles. The summed E-state index contributed by atoms with van der Waals surface area (Å²) in [5, 5.41) is 16.6. The van der Waals surface area contributed by atoms with Gasteiger partial charge in [-0.25, -0.2) is 9.97 Å².